The molecule has 1 aliphatic rings. The molecule has 1 N–H and O–H groups in total. The lowest BCUT2D eigenvalue weighted by Gasteiger charge is -2.08. The lowest BCUT2D eigenvalue weighted by molar-refractivity contribution is 0.0701. The fourth-order valence-corrected chi connectivity index (χ4v) is 5.02. The summed E-state index contributed by atoms with van der Waals surface area (Å²) in [4.78, 5) is 21.0. The summed E-state index contributed by atoms with van der Waals surface area (Å²) in [6.45, 7) is 1.85. The Morgan fingerprint density at radius 2 is 2.20 bits per heavy atom. The Bertz CT molecular complexity index is 648. The molecule has 0 radical (unpaired) electrons. The summed E-state index contributed by atoms with van der Waals surface area (Å²) < 4.78 is 0. The van der Waals surface area contributed by atoms with Crippen molar-refractivity contribution in [3.63, 3.8) is 0 Å². The summed E-state index contributed by atoms with van der Waals surface area (Å²) in [6.07, 6.45) is 6.84. The molecule has 2 aromatic heterocycles. The molecular formula is C14H16N2O2S2. The van der Waals surface area contributed by atoms with Crippen molar-refractivity contribution in [1.29, 1.82) is 0 Å². The number of aromatic carboxylic acids is 1. The largest absolute Gasteiger partial charge is 0.477 e. The quantitative estimate of drug-likeness (QED) is 0.683. The van der Waals surface area contributed by atoms with E-state index >= 15 is 0 Å². The van der Waals surface area contributed by atoms with E-state index in [1.54, 1.807) is 18.1 Å². The number of carbonyl (C=O) groups is 1. The predicted octanol–water partition coefficient (Wildman–Crippen LogP) is 3.98. The monoisotopic (exact) mass is 308 g/mol. The van der Waals surface area contributed by atoms with E-state index in [0.29, 0.717) is 4.88 Å². The van der Waals surface area contributed by atoms with E-state index in [-0.39, 0.29) is 0 Å². The van der Waals surface area contributed by atoms with Gasteiger partial charge in [-0.1, -0.05) is 12.8 Å². The lowest BCUT2D eigenvalue weighted by Crippen LogP contribution is -1.98. The first-order valence-electron chi connectivity index (χ1n) is 6.77. The first kappa shape index (κ1) is 13.8. The molecule has 3 rings (SSSR count). The van der Waals surface area contributed by atoms with Gasteiger partial charge in [0.2, 0.25) is 0 Å². The maximum Gasteiger partial charge on any atom is 0.346 e. The van der Waals surface area contributed by atoms with E-state index in [1.165, 1.54) is 37.0 Å². The van der Waals surface area contributed by atoms with Crippen LogP contribution in [-0.4, -0.2) is 26.8 Å². The Labute approximate surface area is 125 Å². The first-order chi connectivity index (χ1) is 9.66. The Morgan fingerprint density at radius 3 is 2.90 bits per heavy atom. The van der Waals surface area contributed by atoms with Gasteiger partial charge in [0, 0.05) is 11.1 Å². The Kier molecular flexibility index (Phi) is 3.94. The third kappa shape index (κ3) is 2.54. The number of thiophene rings is 1. The second-order valence-electron chi connectivity index (χ2n) is 5.18. The van der Waals surface area contributed by atoms with E-state index in [9.17, 15) is 9.90 Å². The van der Waals surface area contributed by atoms with Crippen LogP contribution in [0, 0.1) is 12.8 Å². The number of hydrogen-bond donors (Lipinski definition) is 1. The summed E-state index contributed by atoms with van der Waals surface area (Å²) in [6, 6.07) is 0. The number of aryl methyl sites for hydroxylation is 1. The smallest absolute Gasteiger partial charge is 0.346 e. The number of aromatic nitrogens is 2. The zero-order chi connectivity index (χ0) is 14.1. The highest BCUT2D eigenvalue weighted by molar-refractivity contribution is 7.99. The van der Waals surface area contributed by atoms with Gasteiger partial charge in [0.15, 0.2) is 0 Å². The van der Waals surface area contributed by atoms with E-state index in [0.717, 1.165) is 32.5 Å². The average Bonchev–Trinajstić information content (AvgIpc) is 3.05. The van der Waals surface area contributed by atoms with Crippen molar-refractivity contribution in [2.24, 2.45) is 5.92 Å². The number of nitrogens with zero attached hydrogens (tertiary/aromatic N) is 2. The minimum absolute atomic E-state index is 0.378. The maximum absolute atomic E-state index is 11.2. The van der Waals surface area contributed by atoms with Crippen LogP contribution in [0.1, 0.15) is 40.9 Å². The van der Waals surface area contributed by atoms with E-state index < -0.39 is 5.97 Å². The van der Waals surface area contributed by atoms with Gasteiger partial charge in [0.1, 0.15) is 21.1 Å². The highest BCUT2D eigenvalue weighted by Gasteiger charge is 2.20. The number of hydrogen-bond acceptors (Lipinski definition) is 5. The molecule has 1 fully saturated rings. The van der Waals surface area contributed by atoms with Crippen molar-refractivity contribution in [3.05, 3.63) is 16.8 Å². The number of thioether (sulfide) groups is 1. The SMILES string of the molecule is Cc1c(C(=O)O)sc2ncnc(SCC3CCCC3)c12. The summed E-state index contributed by atoms with van der Waals surface area (Å²) in [5.41, 5.74) is 0.798. The second-order valence-corrected chi connectivity index (χ2v) is 7.19. The molecule has 4 nitrogen and oxygen atoms in total. The summed E-state index contributed by atoms with van der Waals surface area (Å²) in [7, 11) is 0. The van der Waals surface area contributed by atoms with Gasteiger partial charge >= 0.3 is 5.97 Å². The van der Waals surface area contributed by atoms with Crippen LogP contribution >= 0.6 is 23.1 Å². The van der Waals surface area contributed by atoms with E-state index in [2.05, 4.69) is 9.97 Å². The fourth-order valence-electron chi connectivity index (χ4n) is 2.73. The maximum atomic E-state index is 11.2. The van der Waals surface area contributed by atoms with Gasteiger partial charge in [-0.25, -0.2) is 14.8 Å². The molecule has 0 aromatic carbocycles. The van der Waals surface area contributed by atoms with Crippen LogP contribution in [0.5, 0.6) is 0 Å². The molecule has 0 saturated heterocycles. The van der Waals surface area contributed by atoms with Gasteiger partial charge in [-0.3, -0.25) is 0 Å². The minimum atomic E-state index is -0.878. The van der Waals surface area contributed by atoms with Crippen LogP contribution in [0.4, 0.5) is 0 Å². The van der Waals surface area contributed by atoms with Crippen LogP contribution in [0.3, 0.4) is 0 Å². The first-order valence-corrected chi connectivity index (χ1v) is 8.57. The Morgan fingerprint density at radius 1 is 1.45 bits per heavy atom. The van der Waals surface area contributed by atoms with Crippen molar-refractivity contribution in [3.8, 4) is 0 Å². The van der Waals surface area contributed by atoms with Gasteiger partial charge in [-0.2, -0.15) is 0 Å². The van der Waals surface area contributed by atoms with E-state index in [4.69, 9.17) is 0 Å². The van der Waals surface area contributed by atoms with Gasteiger partial charge in [0.05, 0.1) is 0 Å². The zero-order valence-corrected chi connectivity index (χ0v) is 12.9. The van der Waals surface area contributed by atoms with Crippen LogP contribution in [0.15, 0.2) is 11.4 Å². The molecule has 1 saturated carbocycles. The summed E-state index contributed by atoms with van der Waals surface area (Å²) in [5, 5.41) is 11.1. The van der Waals surface area contributed by atoms with Crippen molar-refractivity contribution in [2.75, 3.05) is 5.75 Å². The Hall–Kier alpha value is -1.14. The fraction of sp³-hybridized carbons (Fsp3) is 0.500. The number of carboxylic acids is 1. The van der Waals surface area contributed by atoms with Crippen LogP contribution < -0.4 is 0 Å². The molecule has 0 bridgehead atoms. The van der Waals surface area contributed by atoms with Gasteiger partial charge in [-0.15, -0.1) is 23.1 Å². The topological polar surface area (TPSA) is 63.1 Å². The standard InChI is InChI=1S/C14H16N2O2S2/c1-8-10-12(19-6-9-4-2-3-5-9)15-7-16-13(10)20-11(8)14(17)18/h7,9H,2-6H2,1H3,(H,17,18). The Balaban J connectivity index is 1.91. The van der Waals surface area contributed by atoms with Crippen LogP contribution in [0.2, 0.25) is 0 Å². The van der Waals surface area contributed by atoms with Crippen LogP contribution in [0.25, 0.3) is 10.2 Å². The molecule has 1 aliphatic carbocycles. The van der Waals surface area contributed by atoms with Crippen LogP contribution in [-0.2, 0) is 0 Å². The lowest BCUT2D eigenvalue weighted by atomic mass is 10.1. The van der Waals surface area contributed by atoms with Crippen molar-refractivity contribution < 1.29 is 9.90 Å². The molecule has 0 unspecified atom stereocenters. The van der Waals surface area contributed by atoms with Gasteiger partial charge in [-0.05, 0) is 31.2 Å². The number of carboxylic acid groups (broad SMARTS) is 1. The van der Waals surface area contributed by atoms with Crippen molar-refractivity contribution in [1.82, 2.24) is 9.97 Å². The predicted molar refractivity (Wildman–Crippen MR) is 81.8 cm³/mol. The normalized spacial score (nSPS) is 16.1. The third-order valence-corrected chi connectivity index (χ3v) is 6.23. The molecule has 0 atom stereocenters. The molecule has 6 heteroatoms. The second kappa shape index (κ2) is 5.69. The van der Waals surface area contributed by atoms with Crippen molar-refractivity contribution in [2.45, 2.75) is 37.6 Å². The third-order valence-electron chi connectivity index (χ3n) is 3.82. The van der Waals surface area contributed by atoms with E-state index in [1.807, 2.05) is 6.92 Å². The van der Waals surface area contributed by atoms with Gasteiger partial charge < -0.3 is 5.11 Å². The number of rotatable bonds is 4. The minimum Gasteiger partial charge on any atom is -0.477 e. The molecule has 0 spiro atoms. The van der Waals surface area contributed by atoms with Gasteiger partial charge in [0.25, 0.3) is 0 Å². The molecule has 0 amide bonds. The molecule has 20 heavy (non-hydrogen) atoms. The molecule has 2 aromatic rings. The van der Waals surface area contributed by atoms with Crippen molar-refractivity contribution >= 4 is 39.3 Å². The zero-order valence-electron chi connectivity index (χ0n) is 11.3. The highest BCUT2D eigenvalue weighted by atomic mass is 32.2. The molecule has 0 aliphatic heterocycles. The summed E-state index contributed by atoms with van der Waals surface area (Å²) in [5.74, 6) is 0.976. The molecule has 2 heterocycles. The molecule has 106 valence electrons. The highest BCUT2D eigenvalue weighted by Crippen LogP contribution is 2.37. The number of fused-ring (bicyclic) bond motifs is 1. The molecular weight excluding hydrogens is 292 g/mol. The summed E-state index contributed by atoms with van der Waals surface area (Å²) >= 11 is 2.99. The average molecular weight is 308 g/mol.